The fraction of sp³-hybridized carbons (Fsp3) is 0.200. The molecule has 1 saturated heterocycles. The molecule has 2 heterocycles. The number of anilines is 1. The Balaban J connectivity index is 1.91. The van der Waals surface area contributed by atoms with E-state index in [1.165, 1.54) is 25.4 Å². The smallest absolute Gasteiger partial charge is 0.300 e. The van der Waals surface area contributed by atoms with Crippen LogP contribution in [-0.2, 0) is 9.59 Å². The Morgan fingerprint density at radius 2 is 1.73 bits per heavy atom. The summed E-state index contributed by atoms with van der Waals surface area (Å²) < 4.78 is 21.7. The molecule has 33 heavy (non-hydrogen) atoms. The maximum atomic E-state index is 13.2. The molecule has 4 rings (SSSR count). The Morgan fingerprint density at radius 1 is 1.00 bits per heavy atom. The van der Waals surface area contributed by atoms with Crippen LogP contribution in [0, 0.1) is 0 Å². The van der Waals surface area contributed by atoms with Gasteiger partial charge in [-0.2, -0.15) is 0 Å². The normalized spacial score (nSPS) is 17.3. The molecule has 0 saturated carbocycles. The third kappa shape index (κ3) is 4.03. The molecule has 1 fully saturated rings. The van der Waals surface area contributed by atoms with Gasteiger partial charge in [-0.25, -0.2) is 0 Å². The number of benzene rings is 2. The molecule has 8 heteroatoms. The lowest BCUT2D eigenvalue weighted by Crippen LogP contribution is -2.29. The van der Waals surface area contributed by atoms with Crippen LogP contribution >= 0.6 is 0 Å². The van der Waals surface area contributed by atoms with Crippen molar-refractivity contribution < 1.29 is 33.3 Å². The second kappa shape index (κ2) is 9.12. The lowest BCUT2D eigenvalue weighted by atomic mass is 9.99. The number of ether oxygens (including phenoxy) is 3. The van der Waals surface area contributed by atoms with E-state index in [4.69, 9.17) is 18.6 Å². The van der Waals surface area contributed by atoms with Crippen molar-refractivity contribution >= 4 is 23.1 Å². The number of nitrogens with zero attached hydrogens (tertiary/aromatic N) is 1. The lowest BCUT2D eigenvalue weighted by Gasteiger charge is -2.24. The zero-order valence-electron chi connectivity index (χ0n) is 18.4. The van der Waals surface area contributed by atoms with Gasteiger partial charge in [-0.05, 0) is 31.2 Å². The molecule has 0 bridgehead atoms. The molecule has 2 aromatic carbocycles. The SMILES string of the molecule is CCOc1cccc(/C(O)=C2/C(=O)C(=O)N(c3cc(OC)cc(OC)c3)C2c2ccco2)c1. The molecular weight excluding hydrogens is 426 g/mol. The number of rotatable bonds is 7. The number of carbonyl (C=O) groups excluding carboxylic acids is 2. The highest BCUT2D eigenvalue weighted by atomic mass is 16.5. The number of aliphatic hydroxyl groups excluding tert-OH is 1. The summed E-state index contributed by atoms with van der Waals surface area (Å²) in [7, 11) is 2.98. The summed E-state index contributed by atoms with van der Waals surface area (Å²) in [5.74, 6) is -0.246. The quantitative estimate of drug-likeness (QED) is 0.326. The Kier molecular flexibility index (Phi) is 6.08. The number of furan rings is 1. The summed E-state index contributed by atoms with van der Waals surface area (Å²) in [6, 6.07) is 13.9. The molecule has 8 nitrogen and oxygen atoms in total. The van der Waals surface area contributed by atoms with Gasteiger partial charge in [0, 0.05) is 23.8 Å². The molecule has 1 aromatic heterocycles. The number of Topliss-reactive ketones (excluding diaryl/α,β-unsaturated/α-hetero) is 1. The Hall–Kier alpha value is -4.20. The Bertz CT molecular complexity index is 1190. The maximum absolute atomic E-state index is 13.2. The molecule has 170 valence electrons. The minimum absolute atomic E-state index is 0.0922. The van der Waals surface area contributed by atoms with Crippen LogP contribution in [0.3, 0.4) is 0 Å². The first-order valence-electron chi connectivity index (χ1n) is 10.3. The second-order valence-electron chi connectivity index (χ2n) is 7.22. The first kappa shape index (κ1) is 22.0. The van der Waals surface area contributed by atoms with Crippen LogP contribution in [0.15, 0.2) is 70.9 Å². The number of aliphatic hydroxyl groups is 1. The topological polar surface area (TPSA) is 98.4 Å². The fourth-order valence-corrected chi connectivity index (χ4v) is 3.80. The van der Waals surface area contributed by atoms with Gasteiger partial charge < -0.3 is 23.7 Å². The van der Waals surface area contributed by atoms with Crippen LogP contribution in [0.5, 0.6) is 17.2 Å². The van der Waals surface area contributed by atoms with Crippen molar-refractivity contribution in [2.24, 2.45) is 0 Å². The van der Waals surface area contributed by atoms with Gasteiger partial charge in [-0.15, -0.1) is 0 Å². The van der Waals surface area contributed by atoms with E-state index in [1.54, 1.807) is 54.6 Å². The van der Waals surface area contributed by atoms with Gasteiger partial charge in [0.15, 0.2) is 0 Å². The molecule has 1 unspecified atom stereocenters. The largest absolute Gasteiger partial charge is 0.507 e. The average Bonchev–Trinajstić information content (AvgIpc) is 3.45. The molecule has 1 aliphatic rings. The first-order chi connectivity index (χ1) is 16.0. The van der Waals surface area contributed by atoms with Gasteiger partial charge >= 0.3 is 0 Å². The summed E-state index contributed by atoms with van der Waals surface area (Å²) >= 11 is 0. The molecule has 3 aromatic rings. The molecule has 0 aliphatic carbocycles. The predicted molar refractivity (Wildman–Crippen MR) is 121 cm³/mol. The van der Waals surface area contributed by atoms with Crippen LogP contribution in [0.1, 0.15) is 24.3 Å². The van der Waals surface area contributed by atoms with Gasteiger partial charge in [0.05, 0.1) is 38.4 Å². The zero-order valence-corrected chi connectivity index (χ0v) is 18.4. The Labute approximate surface area is 190 Å². The summed E-state index contributed by atoms with van der Waals surface area (Å²) in [5, 5.41) is 11.2. The third-order valence-electron chi connectivity index (χ3n) is 5.29. The highest BCUT2D eigenvalue weighted by Crippen LogP contribution is 2.44. The van der Waals surface area contributed by atoms with E-state index in [9.17, 15) is 14.7 Å². The van der Waals surface area contributed by atoms with Gasteiger partial charge in [-0.1, -0.05) is 12.1 Å². The first-order valence-corrected chi connectivity index (χ1v) is 10.3. The van der Waals surface area contributed by atoms with Crippen molar-refractivity contribution in [3.05, 3.63) is 77.8 Å². The number of hydrogen-bond acceptors (Lipinski definition) is 7. The van der Waals surface area contributed by atoms with E-state index in [-0.39, 0.29) is 11.3 Å². The molecular formula is C25H23NO7. The van der Waals surface area contributed by atoms with Crippen molar-refractivity contribution in [3.63, 3.8) is 0 Å². The third-order valence-corrected chi connectivity index (χ3v) is 5.29. The van der Waals surface area contributed by atoms with Crippen molar-refractivity contribution in [1.82, 2.24) is 0 Å². The summed E-state index contributed by atoms with van der Waals surface area (Å²) in [6.45, 7) is 2.29. The minimum Gasteiger partial charge on any atom is -0.507 e. The van der Waals surface area contributed by atoms with E-state index in [0.29, 0.717) is 40.9 Å². The lowest BCUT2D eigenvalue weighted by molar-refractivity contribution is -0.132. The molecule has 1 amide bonds. The van der Waals surface area contributed by atoms with Crippen molar-refractivity contribution in [3.8, 4) is 17.2 Å². The summed E-state index contributed by atoms with van der Waals surface area (Å²) in [4.78, 5) is 27.7. The van der Waals surface area contributed by atoms with Crippen LogP contribution in [0.4, 0.5) is 5.69 Å². The minimum atomic E-state index is -0.993. The van der Waals surface area contributed by atoms with Gasteiger partial charge in [0.1, 0.15) is 34.8 Å². The van der Waals surface area contributed by atoms with Crippen LogP contribution < -0.4 is 19.1 Å². The molecule has 1 N–H and O–H groups in total. The monoisotopic (exact) mass is 449 g/mol. The van der Waals surface area contributed by atoms with Crippen LogP contribution in [-0.4, -0.2) is 37.6 Å². The van der Waals surface area contributed by atoms with Gasteiger partial charge in [-0.3, -0.25) is 14.5 Å². The molecule has 0 radical (unpaired) electrons. The van der Waals surface area contributed by atoms with Gasteiger partial charge in [0.25, 0.3) is 11.7 Å². The average molecular weight is 449 g/mol. The molecule has 1 atom stereocenters. The number of carbonyl (C=O) groups is 2. The van der Waals surface area contributed by atoms with Crippen molar-refractivity contribution in [2.75, 3.05) is 25.7 Å². The van der Waals surface area contributed by atoms with Crippen LogP contribution in [0.2, 0.25) is 0 Å². The van der Waals surface area contributed by atoms with E-state index in [0.717, 1.165) is 0 Å². The van der Waals surface area contributed by atoms with Crippen molar-refractivity contribution in [1.29, 1.82) is 0 Å². The second-order valence-corrected chi connectivity index (χ2v) is 7.22. The fourth-order valence-electron chi connectivity index (χ4n) is 3.80. The van der Waals surface area contributed by atoms with Gasteiger partial charge in [0.2, 0.25) is 0 Å². The number of methoxy groups -OCH3 is 2. The van der Waals surface area contributed by atoms with E-state index >= 15 is 0 Å². The Morgan fingerprint density at radius 3 is 2.33 bits per heavy atom. The number of hydrogen-bond donors (Lipinski definition) is 1. The van der Waals surface area contributed by atoms with Crippen molar-refractivity contribution in [2.45, 2.75) is 13.0 Å². The summed E-state index contributed by atoms with van der Waals surface area (Å²) in [6.07, 6.45) is 1.44. The van der Waals surface area contributed by atoms with E-state index < -0.39 is 17.7 Å². The highest BCUT2D eigenvalue weighted by molar-refractivity contribution is 6.51. The zero-order chi connectivity index (χ0) is 23.5. The highest BCUT2D eigenvalue weighted by Gasteiger charge is 2.48. The molecule has 1 aliphatic heterocycles. The van der Waals surface area contributed by atoms with Crippen LogP contribution in [0.25, 0.3) is 5.76 Å². The number of amides is 1. The standard InChI is InChI=1S/C25H23NO7/c1-4-32-17-8-5-7-15(11-17)23(27)21-22(20-9-6-10-33-20)26(25(29)24(21)28)16-12-18(30-2)14-19(13-16)31-3/h5-14,22,27H,4H2,1-3H3/b23-21-. The maximum Gasteiger partial charge on any atom is 0.300 e. The van der Waals surface area contributed by atoms with E-state index in [1.807, 2.05) is 6.92 Å². The van der Waals surface area contributed by atoms with E-state index in [2.05, 4.69) is 0 Å². The predicted octanol–water partition coefficient (Wildman–Crippen LogP) is 4.32. The molecule has 0 spiro atoms. The number of ketones is 1. The summed E-state index contributed by atoms with van der Waals surface area (Å²) in [5.41, 5.74) is 0.612.